The number of carboxylic acid groups (broad SMARTS) is 1. The SMILES string of the molecule is CN[C@@H](C(=O)N[C@H](C(=O)N(C)[C@H](C=C(C)C(=O)O)C(C)C)C(C)(C)C)C(C)(C)c1cccc(F)c1. The second-order valence-corrected chi connectivity index (χ2v) is 11.1. The first kappa shape index (κ1) is 30.3. The van der Waals surface area contributed by atoms with E-state index in [4.69, 9.17) is 0 Å². The Hall–Kier alpha value is -2.74. The lowest BCUT2D eigenvalue weighted by Gasteiger charge is -2.40. The summed E-state index contributed by atoms with van der Waals surface area (Å²) in [5, 5.41) is 15.3. The van der Waals surface area contributed by atoms with E-state index < -0.39 is 34.9 Å². The molecular weight excluding hydrogens is 449 g/mol. The quantitative estimate of drug-likeness (QED) is 0.433. The van der Waals surface area contributed by atoms with Crippen molar-refractivity contribution >= 4 is 17.8 Å². The molecular formula is C27H42FN3O4. The number of carbonyl (C=O) groups excluding carboxylic acids is 2. The number of aliphatic carboxylic acids is 1. The number of nitrogens with one attached hydrogen (secondary N) is 2. The van der Waals surface area contributed by atoms with Gasteiger partial charge in [0.15, 0.2) is 0 Å². The van der Waals surface area contributed by atoms with Crippen molar-refractivity contribution in [3.8, 4) is 0 Å². The Kier molecular flexibility index (Phi) is 10.2. The Balaban J connectivity index is 3.32. The highest BCUT2D eigenvalue weighted by atomic mass is 19.1. The lowest BCUT2D eigenvalue weighted by Crippen LogP contribution is -2.61. The van der Waals surface area contributed by atoms with Crippen LogP contribution in [0.15, 0.2) is 35.9 Å². The molecule has 3 atom stereocenters. The Morgan fingerprint density at radius 3 is 2.09 bits per heavy atom. The van der Waals surface area contributed by atoms with Gasteiger partial charge in [0.1, 0.15) is 11.9 Å². The first-order chi connectivity index (χ1) is 15.9. The van der Waals surface area contributed by atoms with Gasteiger partial charge in [0.25, 0.3) is 0 Å². The fraction of sp³-hybridized carbons (Fsp3) is 0.593. The molecule has 0 aliphatic rings. The number of carbonyl (C=O) groups is 3. The first-order valence-electron chi connectivity index (χ1n) is 11.9. The third-order valence-corrected chi connectivity index (χ3v) is 6.48. The Bertz CT molecular complexity index is 950. The summed E-state index contributed by atoms with van der Waals surface area (Å²) in [7, 11) is 3.27. The van der Waals surface area contributed by atoms with E-state index in [-0.39, 0.29) is 29.1 Å². The molecule has 0 saturated heterocycles. The molecule has 35 heavy (non-hydrogen) atoms. The van der Waals surface area contributed by atoms with E-state index in [2.05, 4.69) is 10.6 Å². The van der Waals surface area contributed by atoms with Crippen LogP contribution in [-0.4, -0.2) is 60.0 Å². The van der Waals surface area contributed by atoms with Crippen molar-refractivity contribution in [2.24, 2.45) is 11.3 Å². The molecule has 1 aromatic rings. The molecule has 1 aromatic carbocycles. The molecule has 0 spiro atoms. The Morgan fingerprint density at radius 1 is 1.09 bits per heavy atom. The molecule has 8 heteroatoms. The molecule has 0 unspecified atom stereocenters. The Morgan fingerprint density at radius 2 is 1.66 bits per heavy atom. The van der Waals surface area contributed by atoms with Crippen LogP contribution in [0.3, 0.4) is 0 Å². The van der Waals surface area contributed by atoms with E-state index in [1.165, 1.54) is 24.0 Å². The van der Waals surface area contributed by atoms with Gasteiger partial charge in [0.05, 0.1) is 12.1 Å². The average Bonchev–Trinajstić information content (AvgIpc) is 2.73. The standard InChI is InChI=1S/C27H42FN3O4/c1-16(2)20(14-17(3)25(34)35)31(10)24(33)22(26(4,5)6)30-23(32)21(29-9)27(7,8)18-12-11-13-19(28)15-18/h11-16,20-22,29H,1-10H3,(H,30,32)(H,34,35)/t20-,21+,22-/m1/s1. The van der Waals surface area contributed by atoms with Gasteiger partial charge in [-0.25, -0.2) is 9.18 Å². The molecule has 0 bridgehead atoms. The van der Waals surface area contributed by atoms with Crippen molar-refractivity contribution in [1.29, 1.82) is 0 Å². The number of hydrogen-bond acceptors (Lipinski definition) is 4. The van der Waals surface area contributed by atoms with E-state index in [1.54, 1.807) is 32.3 Å². The summed E-state index contributed by atoms with van der Waals surface area (Å²) in [6, 6.07) is 4.04. The highest BCUT2D eigenvalue weighted by Gasteiger charge is 2.41. The van der Waals surface area contributed by atoms with Crippen molar-refractivity contribution < 1.29 is 23.9 Å². The molecule has 0 aliphatic carbocycles. The van der Waals surface area contributed by atoms with Crippen molar-refractivity contribution in [1.82, 2.24) is 15.5 Å². The van der Waals surface area contributed by atoms with Gasteiger partial charge >= 0.3 is 5.97 Å². The van der Waals surface area contributed by atoms with Gasteiger partial charge in [0, 0.05) is 18.0 Å². The lowest BCUT2D eigenvalue weighted by atomic mass is 9.76. The smallest absolute Gasteiger partial charge is 0.331 e. The topological polar surface area (TPSA) is 98.7 Å². The number of amides is 2. The summed E-state index contributed by atoms with van der Waals surface area (Å²) < 4.78 is 13.9. The Labute approximate surface area is 209 Å². The first-order valence-corrected chi connectivity index (χ1v) is 11.9. The fourth-order valence-electron chi connectivity index (χ4n) is 4.18. The number of carboxylic acids is 1. The van der Waals surface area contributed by atoms with Gasteiger partial charge in [-0.15, -0.1) is 0 Å². The minimum Gasteiger partial charge on any atom is -0.478 e. The molecule has 2 amide bonds. The summed E-state index contributed by atoms with van der Waals surface area (Å²) >= 11 is 0. The van der Waals surface area contributed by atoms with Crippen LogP contribution in [0.4, 0.5) is 4.39 Å². The van der Waals surface area contributed by atoms with Crippen LogP contribution in [0.25, 0.3) is 0 Å². The monoisotopic (exact) mass is 491 g/mol. The van der Waals surface area contributed by atoms with E-state index in [9.17, 15) is 23.9 Å². The molecule has 0 heterocycles. The highest BCUT2D eigenvalue weighted by Crippen LogP contribution is 2.29. The molecule has 1 rings (SSSR count). The molecule has 196 valence electrons. The highest BCUT2D eigenvalue weighted by molar-refractivity contribution is 5.91. The van der Waals surface area contributed by atoms with Crippen LogP contribution in [0.5, 0.6) is 0 Å². The second kappa shape index (κ2) is 11.8. The molecule has 0 aromatic heterocycles. The van der Waals surface area contributed by atoms with Crippen LogP contribution < -0.4 is 10.6 Å². The van der Waals surface area contributed by atoms with Crippen LogP contribution >= 0.6 is 0 Å². The minimum atomic E-state index is -1.05. The van der Waals surface area contributed by atoms with Gasteiger partial charge in [-0.05, 0) is 43.0 Å². The number of benzene rings is 1. The summed E-state index contributed by atoms with van der Waals surface area (Å²) in [5.41, 5.74) is -0.612. The van der Waals surface area contributed by atoms with Gasteiger partial charge in [0.2, 0.25) is 11.8 Å². The van der Waals surface area contributed by atoms with Crippen LogP contribution in [0.2, 0.25) is 0 Å². The molecule has 0 aliphatic heterocycles. The van der Waals surface area contributed by atoms with Crippen molar-refractivity contribution in [3.05, 3.63) is 47.3 Å². The molecule has 7 nitrogen and oxygen atoms in total. The maximum Gasteiger partial charge on any atom is 0.331 e. The van der Waals surface area contributed by atoms with Crippen LogP contribution in [0.1, 0.15) is 61.0 Å². The lowest BCUT2D eigenvalue weighted by molar-refractivity contribution is -0.141. The maximum absolute atomic E-state index is 13.9. The number of hydrogen-bond donors (Lipinski definition) is 3. The number of likely N-dealkylation sites (N-methyl/N-ethyl adjacent to an activating group) is 2. The van der Waals surface area contributed by atoms with Crippen molar-refractivity contribution in [2.75, 3.05) is 14.1 Å². The van der Waals surface area contributed by atoms with Crippen LogP contribution in [0, 0.1) is 17.2 Å². The average molecular weight is 492 g/mol. The summed E-state index contributed by atoms with van der Waals surface area (Å²) in [6.07, 6.45) is 1.57. The molecule has 0 saturated carbocycles. The number of rotatable bonds is 10. The predicted octanol–water partition coefficient (Wildman–Crippen LogP) is 3.74. The zero-order valence-electron chi connectivity index (χ0n) is 22.7. The van der Waals surface area contributed by atoms with Gasteiger partial charge < -0.3 is 20.6 Å². The predicted molar refractivity (Wildman–Crippen MR) is 136 cm³/mol. The van der Waals surface area contributed by atoms with Crippen molar-refractivity contribution in [2.45, 2.75) is 78.9 Å². The molecule has 0 fully saturated rings. The summed E-state index contributed by atoms with van der Waals surface area (Å²) in [4.78, 5) is 40.0. The van der Waals surface area contributed by atoms with Gasteiger partial charge in [-0.2, -0.15) is 0 Å². The van der Waals surface area contributed by atoms with Gasteiger partial charge in [-0.3, -0.25) is 9.59 Å². The number of halogens is 1. The van der Waals surface area contributed by atoms with E-state index in [0.717, 1.165) is 0 Å². The van der Waals surface area contributed by atoms with E-state index in [1.807, 2.05) is 48.5 Å². The zero-order valence-corrected chi connectivity index (χ0v) is 22.7. The number of nitrogens with zero attached hydrogens (tertiary/aromatic N) is 1. The van der Waals surface area contributed by atoms with E-state index >= 15 is 0 Å². The normalized spacial score (nSPS) is 15.4. The molecule has 3 N–H and O–H groups in total. The molecule has 0 radical (unpaired) electrons. The van der Waals surface area contributed by atoms with Crippen LogP contribution in [-0.2, 0) is 19.8 Å². The second-order valence-electron chi connectivity index (χ2n) is 11.1. The third kappa shape index (κ3) is 7.62. The van der Waals surface area contributed by atoms with Gasteiger partial charge in [-0.1, -0.05) is 66.7 Å². The van der Waals surface area contributed by atoms with E-state index in [0.29, 0.717) is 5.56 Å². The summed E-state index contributed by atoms with van der Waals surface area (Å²) in [5.74, 6) is -2.20. The maximum atomic E-state index is 13.9. The third-order valence-electron chi connectivity index (χ3n) is 6.48. The fourth-order valence-corrected chi connectivity index (χ4v) is 4.18. The zero-order chi connectivity index (χ0) is 27.3. The summed E-state index contributed by atoms with van der Waals surface area (Å²) in [6.45, 7) is 14.6. The minimum absolute atomic E-state index is 0.0495. The largest absolute Gasteiger partial charge is 0.478 e. The van der Waals surface area contributed by atoms with Crippen molar-refractivity contribution in [3.63, 3.8) is 0 Å².